The lowest BCUT2D eigenvalue weighted by molar-refractivity contribution is 0.0357. The first-order valence-electron chi connectivity index (χ1n) is 14.4. The van der Waals surface area contributed by atoms with Gasteiger partial charge in [0.15, 0.2) is 11.5 Å². The molecule has 0 saturated carbocycles. The van der Waals surface area contributed by atoms with Crippen LogP contribution in [0.5, 0.6) is 17.2 Å². The van der Waals surface area contributed by atoms with E-state index in [9.17, 15) is 4.79 Å². The van der Waals surface area contributed by atoms with E-state index in [0.717, 1.165) is 67.5 Å². The van der Waals surface area contributed by atoms with Gasteiger partial charge in [0.25, 0.3) is 0 Å². The van der Waals surface area contributed by atoms with Gasteiger partial charge >= 0.3 is 6.09 Å². The Kier molecular flexibility index (Phi) is 8.95. The van der Waals surface area contributed by atoms with Gasteiger partial charge in [0, 0.05) is 47.5 Å². The summed E-state index contributed by atoms with van der Waals surface area (Å²) in [6, 6.07) is 12.3. The van der Waals surface area contributed by atoms with Gasteiger partial charge in [-0.15, -0.1) is 11.6 Å². The number of aromatic nitrogens is 1. The van der Waals surface area contributed by atoms with E-state index in [2.05, 4.69) is 22.0 Å². The molecule has 1 aliphatic carbocycles. The normalized spacial score (nSPS) is 20.1. The molecule has 3 heterocycles. The third kappa shape index (κ3) is 6.27. The number of ether oxygens (including phenoxy) is 4. The van der Waals surface area contributed by atoms with Crippen LogP contribution in [0.15, 0.2) is 42.5 Å². The number of nitrogens with one attached hydrogen (secondary N) is 1. The van der Waals surface area contributed by atoms with Crippen LogP contribution in [0.4, 0.5) is 4.79 Å². The van der Waals surface area contributed by atoms with E-state index < -0.39 is 12.1 Å². The molecule has 3 aromatic rings. The number of carbonyl (C=O) groups is 1. The Labute approximate surface area is 255 Å². The Hall–Kier alpha value is -3.17. The predicted octanol–water partition coefficient (Wildman–Crippen LogP) is 4.50. The monoisotopic (exact) mass is 611 g/mol. The first-order chi connectivity index (χ1) is 20.5. The number of aromatic amines is 1. The summed E-state index contributed by atoms with van der Waals surface area (Å²) in [6.07, 6.45) is 6.15. The summed E-state index contributed by atoms with van der Waals surface area (Å²) in [5, 5.41) is 2.69. The zero-order valence-electron chi connectivity index (χ0n) is 23.6. The lowest BCUT2D eigenvalue weighted by Gasteiger charge is -2.35. The van der Waals surface area contributed by atoms with E-state index >= 15 is 0 Å². The van der Waals surface area contributed by atoms with Crippen LogP contribution in [0.1, 0.15) is 35.7 Å². The first-order valence-corrected chi connectivity index (χ1v) is 15.2. The number of halogens is 2. The Morgan fingerprint density at radius 3 is 2.69 bits per heavy atom. The number of hydrogen-bond acceptors (Lipinski definition) is 6. The van der Waals surface area contributed by atoms with Crippen molar-refractivity contribution in [3.63, 3.8) is 0 Å². The van der Waals surface area contributed by atoms with Gasteiger partial charge in [-0.05, 0) is 66.8 Å². The molecule has 2 unspecified atom stereocenters. The Bertz CT molecular complexity index is 1530. The molecule has 2 atom stereocenters. The largest absolute Gasteiger partial charge is 0.493 e. The van der Waals surface area contributed by atoms with Gasteiger partial charge < -0.3 is 23.9 Å². The molecule has 42 heavy (non-hydrogen) atoms. The number of alkyl halides is 1. The molecule has 1 saturated heterocycles. The maximum Gasteiger partial charge on any atom is 0.416 e. The van der Waals surface area contributed by atoms with Gasteiger partial charge in [-0.2, -0.15) is 0 Å². The maximum atomic E-state index is 13.6. The molecule has 0 radical (unpaired) electrons. The van der Waals surface area contributed by atoms with Crippen molar-refractivity contribution in [3.05, 3.63) is 74.9 Å². The number of carbonyl (C=O) groups excluding carboxylic acids is 1. The van der Waals surface area contributed by atoms with Crippen LogP contribution in [0.3, 0.4) is 0 Å². The van der Waals surface area contributed by atoms with Crippen LogP contribution in [0, 0.1) is 0 Å². The molecule has 6 rings (SSSR count). The molecule has 2 aliphatic heterocycles. The maximum absolute atomic E-state index is 13.6. The highest BCUT2D eigenvalue weighted by Gasteiger charge is 2.36. The summed E-state index contributed by atoms with van der Waals surface area (Å²) in [4.78, 5) is 21.4. The second-order valence-corrected chi connectivity index (χ2v) is 11.7. The molecule has 8 nitrogen and oxygen atoms in total. The SMILES string of the molecule is COc1cc(C2c3[nH]c4c(c3CCN2C(=O)Oc2ccc(Cl)cc2)=CC(Cl)CC=4)ccc1OCCCN1CCOCC1. The standard InChI is InChI=1S/C32H35Cl2N3O5/c1-39-29-19-21(3-10-28(29)41-16-2-12-36-14-17-40-18-15-36)31-30-25(26-20-23(34)6-9-27(26)35-30)11-13-37(31)32(38)42-24-7-4-22(33)5-8-24/h3-5,7-10,19-20,23,31,35H,2,6,11-18H2,1H3. The molecular formula is C32H35Cl2N3O5. The summed E-state index contributed by atoms with van der Waals surface area (Å²) in [6.45, 7) is 5.52. The summed E-state index contributed by atoms with van der Waals surface area (Å²) in [5.41, 5.74) is 3.02. The van der Waals surface area contributed by atoms with E-state index in [-0.39, 0.29) is 5.38 Å². The minimum absolute atomic E-state index is 0.0523. The van der Waals surface area contributed by atoms with Crippen LogP contribution in [-0.4, -0.2) is 79.4 Å². The van der Waals surface area contributed by atoms with E-state index in [1.165, 1.54) is 5.56 Å². The lowest BCUT2D eigenvalue weighted by atomic mass is 9.92. The van der Waals surface area contributed by atoms with E-state index in [0.29, 0.717) is 41.8 Å². The molecular weight excluding hydrogens is 577 g/mol. The number of morpholine rings is 1. The molecule has 1 amide bonds. The van der Waals surface area contributed by atoms with Crippen LogP contribution in [0.25, 0.3) is 12.2 Å². The lowest BCUT2D eigenvalue weighted by Crippen LogP contribution is -2.43. The minimum atomic E-state index is -0.439. The van der Waals surface area contributed by atoms with Gasteiger partial charge in [-0.1, -0.05) is 29.8 Å². The van der Waals surface area contributed by atoms with Crippen molar-refractivity contribution in [3.8, 4) is 17.2 Å². The second-order valence-electron chi connectivity index (χ2n) is 10.7. The predicted molar refractivity (Wildman–Crippen MR) is 163 cm³/mol. The molecule has 0 spiro atoms. The van der Waals surface area contributed by atoms with Crippen LogP contribution in [0.2, 0.25) is 5.02 Å². The van der Waals surface area contributed by atoms with Crippen molar-refractivity contribution in [1.29, 1.82) is 0 Å². The Morgan fingerprint density at radius 1 is 1.10 bits per heavy atom. The topological polar surface area (TPSA) is 76.3 Å². The fraction of sp³-hybridized carbons (Fsp3) is 0.406. The molecule has 1 fully saturated rings. The summed E-state index contributed by atoms with van der Waals surface area (Å²) in [7, 11) is 1.64. The minimum Gasteiger partial charge on any atom is -0.493 e. The van der Waals surface area contributed by atoms with Crippen molar-refractivity contribution < 1.29 is 23.7 Å². The summed E-state index contributed by atoms with van der Waals surface area (Å²) >= 11 is 12.5. The van der Waals surface area contributed by atoms with Gasteiger partial charge in [0.2, 0.25) is 0 Å². The van der Waals surface area contributed by atoms with Crippen LogP contribution < -0.4 is 24.8 Å². The number of benzene rings is 2. The van der Waals surface area contributed by atoms with Crippen molar-refractivity contribution in [2.24, 2.45) is 0 Å². The average Bonchev–Trinajstić information content (AvgIpc) is 3.38. The molecule has 222 valence electrons. The summed E-state index contributed by atoms with van der Waals surface area (Å²) in [5.74, 6) is 1.73. The highest BCUT2D eigenvalue weighted by molar-refractivity contribution is 6.30. The first kappa shape index (κ1) is 28.9. The van der Waals surface area contributed by atoms with Crippen LogP contribution >= 0.6 is 23.2 Å². The van der Waals surface area contributed by atoms with E-state index in [1.54, 1.807) is 36.3 Å². The number of fused-ring (bicyclic) bond motifs is 3. The smallest absolute Gasteiger partial charge is 0.416 e. The van der Waals surface area contributed by atoms with Crippen LogP contribution in [-0.2, 0) is 11.2 Å². The number of hydrogen-bond donors (Lipinski definition) is 1. The van der Waals surface area contributed by atoms with Crippen molar-refractivity contribution in [2.75, 3.05) is 53.1 Å². The molecule has 1 aromatic heterocycles. The molecule has 1 N–H and O–H groups in total. The number of rotatable bonds is 8. The number of H-pyrrole nitrogens is 1. The fourth-order valence-electron chi connectivity index (χ4n) is 5.92. The highest BCUT2D eigenvalue weighted by atomic mass is 35.5. The van der Waals surface area contributed by atoms with Crippen molar-refractivity contribution in [1.82, 2.24) is 14.8 Å². The zero-order valence-corrected chi connectivity index (χ0v) is 25.1. The average molecular weight is 613 g/mol. The number of methoxy groups -OCH3 is 1. The van der Waals surface area contributed by atoms with Gasteiger partial charge in [-0.3, -0.25) is 9.80 Å². The number of amides is 1. The van der Waals surface area contributed by atoms with E-state index in [1.807, 2.05) is 18.2 Å². The Morgan fingerprint density at radius 2 is 1.90 bits per heavy atom. The molecule has 3 aliphatic rings. The fourth-order valence-corrected chi connectivity index (χ4v) is 6.26. The van der Waals surface area contributed by atoms with Crippen molar-refractivity contribution >= 4 is 41.4 Å². The third-order valence-corrected chi connectivity index (χ3v) is 8.59. The highest BCUT2D eigenvalue weighted by Crippen LogP contribution is 2.38. The van der Waals surface area contributed by atoms with Gasteiger partial charge in [0.05, 0.1) is 32.3 Å². The van der Waals surface area contributed by atoms with Gasteiger partial charge in [0.1, 0.15) is 11.8 Å². The zero-order chi connectivity index (χ0) is 29.1. The molecule has 10 heteroatoms. The summed E-state index contributed by atoms with van der Waals surface area (Å²) < 4.78 is 23.1. The Balaban J connectivity index is 1.28. The van der Waals surface area contributed by atoms with Gasteiger partial charge in [-0.25, -0.2) is 4.79 Å². The third-order valence-electron chi connectivity index (χ3n) is 8.03. The quantitative estimate of drug-likeness (QED) is 0.299. The molecule has 0 bridgehead atoms. The van der Waals surface area contributed by atoms with Crippen molar-refractivity contribution in [2.45, 2.75) is 30.7 Å². The second kappa shape index (κ2) is 13.0. The molecule has 2 aromatic carbocycles. The van der Waals surface area contributed by atoms with E-state index in [4.69, 9.17) is 42.1 Å². The number of nitrogens with zero attached hydrogens (tertiary/aromatic N) is 2.